The zero-order valence-corrected chi connectivity index (χ0v) is 16.4. The molecule has 0 amide bonds. The molecule has 0 aliphatic carbocycles. The number of ether oxygens (including phenoxy) is 2. The highest BCUT2D eigenvalue weighted by molar-refractivity contribution is 7.85. The van der Waals surface area contributed by atoms with Crippen LogP contribution >= 0.6 is 0 Å². The first-order chi connectivity index (χ1) is 12.2. The maximum absolute atomic E-state index is 11.8. The molecule has 0 bridgehead atoms. The molecule has 1 unspecified atom stereocenters. The fraction of sp³-hybridized carbons (Fsp3) is 0.571. The van der Waals surface area contributed by atoms with Gasteiger partial charge >= 0.3 is 20.6 Å². The van der Waals surface area contributed by atoms with E-state index in [9.17, 15) is 16.8 Å². The number of hydrogen-bond acceptors (Lipinski definition) is 8. The van der Waals surface area contributed by atoms with Crippen LogP contribution in [0.3, 0.4) is 0 Å². The van der Waals surface area contributed by atoms with Crippen molar-refractivity contribution in [3.63, 3.8) is 0 Å². The molecule has 0 radical (unpaired) electrons. The number of nitrogens with one attached hydrogen (secondary N) is 2. The third-order valence-corrected chi connectivity index (χ3v) is 5.06. The van der Waals surface area contributed by atoms with Gasteiger partial charge in [-0.15, -0.1) is 0 Å². The summed E-state index contributed by atoms with van der Waals surface area (Å²) in [7, 11) is -6.65. The maximum Gasteiger partial charge on any atom is 0.336 e. The van der Waals surface area contributed by atoms with Gasteiger partial charge in [-0.3, -0.25) is 4.18 Å². The van der Waals surface area contributed by atoms with Crippen molar-refractivity contribution < 1.29 is 34.7 Å². The third-order valence-electron chi connectivity index (χ3n) is 2.81. The maximum atomic E-state index is 11.8. The Hall–Kier alpha value is -1.44. The lowest BCUT2D eigenvalue weighted by atomic mass is 10.3. The van der Waals surface area contributed by atoms with E-state index in [1.807, 2.05) is 0 Å². The minimum absolute atomic E-state index is 0.110. The Morgan fingerprint density at radius 1 is 0.923 bits per heavy atom. The number of benzene rings is 1. The number of rotatable bonds is 13. The SMILES string of the molecule is CCNS(=O)(=O)OCC(COc1ccccc1OC)OS(=O)(=O)NCC. The van der Waals surface area contributed by atoms with Crippen LogP contribution in [0.25, 0.3) is 0 Å². The quantitative estimate of drug-likeness (QED) is 0.470. The summed E-state index contributed by atoms with van der Waals surface area (Å²) < 4.78 is 71.3. The summed E-state index contributed by atoms with van der Waals surface area (Å²) in [5, 5.41) is 0. The van der Waals surface area contributed by atoms with Crippen molar-refractivity contribution in [2.45, 2.75) is 20.0 Å². The lowest BCUT2D eigenvalue weighted by molar-refractivity contribution is 0.0851. The van der Waals surface area contributed by atoms with Crippen LogP contribution in [-0.4, -0.2) is 56.4 Å². The van der Waals surface area contributed by atoms with Crippen molar-refractivity contribution in [3.05, 3.63) is 24.3 Å². The Balaban J connectivity index is 2.82. The van der Waals surface area contributed by atoms with E-state index < -0.39 is 33.3 Å². The van der Waals surface area contributed by atoms with Gasteiger partial charge in [-0.25, -0.2) is 4.18 Å². The molecular weight excluding hydrogens is 388 g/mol. The Labute approximate surface area is 154 Å². The van der Waals surface area contributed by atoms with Crippen LogP contribution in [0.15, 0.2) is 24.3 Å². The smallest absolute Gasteiger partial charge is 0.336 e. The molecule has 12 heteroatoms. The van der Waals surface area contributed by atoms with Crippen LogP contribution in [0.5, 0.6) is 11.5 Å². The van der Waals surface area contributed by atoms with Crippen molar-refractivity contribution in [1.82, 2.24) is 9.44 Å². The van der Waals surface area contributed by atoms with E-state index in [1.165, 1.54) is 7.11 Å². The van der Waals surface area contributed by atoms with Crippen molar-refractivity contribution in [2.75, 3.05) is 33.4 Å². The van der Waals surface area contributed by atoms with Crippen LogP contribution in [0, 0.1) is 0 Å². The summed E-state index contributed by atoms with van der Waals surface area (Å²) in [6, 6.07) is 6.72. The van der Waals surface area contributed by atoms with Gasteiger partial charge in [-0.05, 0) is 12.1 Å². The highest BCUT2D eigenvalue weighted by Gasteiger charge is 2.23. The number of para-hydroxylation sites is 2. The molecule has 1 aromatic rings. The van der Waals surface area contributed by atoms with Gasteiger partial charge in [0.25, 0.3) is 0 Å². The van der Waals surface area contributed by atoms with Gasteiger partial charge in [-0.2, -0.15) is 26.3 Å². The molecule has 0 aliphatic rings. The highest BCUT2D eigenvalue weighted by Crippen LogP contribution is 2.26. The van der Waals surface area contributed by atoms with Gasteiger partial charge in [-0.1, -0.05) is 26.0 Å². The molecule has 0 saturated heterocycles. The van der Waals surface area contributed by atoms with Gasteiger partial charge in [0.2, 0.25) is 0 Å². The second kappa shape index (κ2) is 10.6. The molecule has 1 rings (SSSR count). The van der Waals surface area contributed by atoms with Gasteiger partial charge in [0.1, 0.15) is 12.7 Å². The van der Waals surface area contributed by atoms with Crippen molar-refractivity contribution in [3.8, 4) is 11.5 Å². The van der Waals surface area contributed by atoms with Crippen LogP contribution in [0.4, 0.5) is 0 Å². The molecule has 0 aliphatic heterocycles. The van der Waals surface area contributed by atoms with E-state index in [2.05, 4.69) is 9.44 Å². The summed E-state index contributed by atoms with van der Waals surface area (Å²) >= 11 is 0. The fourth-order valence-electron chi connectivity index (χ4n) is 1.80. The number of methoxy groups -OCH3 is 1. The van der Waals surface area contributed by atoms with Gasteiger partial charge < -0.3 is 9.47 Å². The Morgan fingerprint density at radius 3 is 2.08 bits per heavy atom. The van der Waals surface area contributed by atoms with Gasteiger partial charge in [0, 0.05) is 13.1 Å². The van der Waals surface area contributed by atoms with Crippen molar-refractivity contribution in [1.29, 1.82) is 0 Å². The normalized spacial score (nSPS) is 13.3. The second-order valence-electron chi connectivity index (χ2n) is 4.87. The molecule has 0 fully saturated rings. The van der Waals surface area contributed by atoms with Crippen LogP contribution in [0.1, 0.15) is 13.8 Å². The standard InChI is InChI=1S/C14H24N2O8S2/c1-4-15-25(17,18)23-11-12(24-26(19,20)16-5-2)10-22-14-9-7-6-8-13(14)21-3/h6-9,12,15-16H,4-5,10-11H2,1-3H3. The molecule has 26 heavy (non-hydrogen) atoms. The summed E-state index contributed by atoms with van der Waals surface area (Å²) in [6.45, 7) is 2.55. The third kappa shape index (κ3) is 8.29. The van der Waals surface area contributed by atoms with Crippen LogP contribution in [-0.2, 0) is 29.0 Å². The largest absolute Gasteiger partial charge is 0.493 e. The minimum Gasteiger partial charge on any atom is -0.493 e. The summed E-state index contributed by atoms with van der Waals surface area (Å²) in [5.41, 5.74) is 0. The summed E-state index contributed by atoms with van der Waals surface area (Å²) in [5.74, 6) is 0.779. The van der Waals surface area contributed by atoms with E-state index >= 15 is 0 Å². The summed E-state index contributed by atoms with van der Waals surface area (Å²) in [6.07, 6.45) is -1.21. The van der Waals surface area contributed by atoms with Crippen molar-refractivity contribution in [2.24, 2.45) is 0 Å². The lowest BCUT2D eigenvalue weighted by Gasteiger charge is -2.19. The Morgan fingerprint density at radius 2 is 1.50 bits per heavy atom. The first-order valence-electron chi connectivity index (χ1n) is 7.80. The van der Waals surface area contributed by atoms with Gasteiger partial charge in [0.15, 0.2) is 11.5 Å². The Bertz CT molecular complexity index is 752. The predicted molar refractivity (Wildman–Crippen MR) is 94.5 cm³/mol. The molecule has 1 aromatic carbocycles. The summed E-state index contributed by atoms with van der Waals surface area (Å²) in [4.78, 5) is 0. The van der Waals surface area contributed by atoms with Crippen LogP contribution < -0.4 is 18.9 Å². The molecule has 2 N–H and O–H groups in total. The average Bonchev–Trinajstić information content (AvgIpc) is 2.57. The molecule has 0 spiro atoms. The molecule has 0 saturated carbocycles. The van der Waals surface area contributed by atoms with E-state index in [1.54, 1.807) is 38.1 Å². The minimum atomic E-state index is -4.09. The highest BCUT2D eigenvalue weighted by atomic mass is 32.2. The molecule has 0 heterocycles. The van der Waals surface area contributed by atoms with E-state index in [0.717, 1.165) is 0 Å². The topological polar surface area (TPSA) is 129 Å². The van der Waals surface area contributed by atoms with E-state index in [-0.39, 0.29) is 19.7 Å². The fourth-order valence-corrected chi connectivity index (χ4v) is 3.46. The lowest BCUT2D eigenvalue weighted by Crippen LogP contribution is -2.37. The first-order valence-corrected chi connectivity index (χ1v) is 10.6. The Kier molecular flexibility index (Phi) is 9.25. The molecule has 150 valence electrons. The molecule has 0 aromatic heterocycles. The zero-order valence-electron chi connectivity index (χ0n) is 14.8. The number of hydrogen-bond donors (Lipinski definition) is 2. The monoisotopic (exact) mass is 412 g/mol. The zero-order chi connectivity index (χ0) is 19.6. The predicted octanol–water partition coefficient (Wildman–Crippen LogP) is 0.184. The van der Waals surface area contributed by atoms with Gasteiger partial charge in [0.05, 0.1) is 13.7 Å². The average molecular weight is 412 g/mol. The molecule has 10 nitrogen and oxygen atoms in total. The molecule has 1 atom stereocenters. The van der Waals surface area contributed by atoms with Crippen LogP contribution in [0.2, 0.25) is 0 Å². The van der Waals surface area contributed by atoms with Crippen molar-refractivity contribution >= 4 is 20.6 Å². The van der Waals surface area contributed by atoms with E-state index in [0.29, 0.717) is 11.5 Å². The first kappa shape index (κ1) is 22.6. The van der Waals surface area contributed by atoms with E-state index in [4.69, 9.17) is 17.8 Å². The molecular formula is C14H24N2O8S2. The second-order valence-corrected chi connectivity index (χ2v) is 7.69.